The van der Waals surface area contributed by atoms with Crippen molar-refractivity contribution in [1.29, 1.82) is 0 Å². The normalized spacial score (nSPS) is 16.4. The summed E-state index contributed by atoms with van der Waals surface area (Å²) in [6.07, 6.45) is 3.93. The van der Waals surface area contributed by atoms with Crippen molar-refractivity contribution in [2.75, 3.05) is 18.0 Å². The van der Waals surface area contributed by atoms with Gasteiger partial charge in [0.2, 0.25) is 5.91 Å². The highest BCUT2D eigenvalue weighted by atomic mass is 16.2. The minimum Gasteiger partial charge on any atom is -0.317 e. The van der Waals surface area contributed by atoms with Crippen LogP contribution in [0.4, 0.5) is 5.69 Å². The molecule has 0 radical (unpaired) electrons. The Morgan fingerprint density at radius 1 is 1.20 bits per heavy atom. The molecule has 3 nitrogen and oxygen atoms in total. The van der Waals surface area contributed by atoms with Gasteiger partial charge in [-0.05, 0) is 50.9 Å². The number of piperidine rings is 1. The van der Waals surface area contributed by atoms with E-state index in [0.717, 1.165) is 44.5 Å². The third-order valence-corrected chi connectivity index (χ3v) is 4.28. The molecule has 1 aliphatic heterocycles. The quantitative estimate of drug-likeness (QED) is 0.894. The Morgan fingerprint density at radius 3 is 2.35 bits per heavy atom. The molecule has 0 saturated carbocycles. The Kier molecular flexibility index (Phi) is 5.60. The van der Waals surface area contributed by atoms with Crippen molar-refractivity contribution < 1.29 is 4.79 Å². The number of carbonyl (C=O) groups is 1. The van der Waals surface area contributed by atoms with Crippen molar-refractivity contribution in [2.24, 2.45) is 5.92 Å². The van der Waals surface area contributed by atoms with Crippen LogP contribution in [-0.4, -0.2) is 25.0 Å². The van der Waals surface area contributed by atoms with E-state index in [9.17, 15) is 4.79 Å². The highest BCUT2D eigenvalue weighted by Gasteiger charge is 2.30. The molecule has 1 aromatic carbocycles. The zero-order valence-corrected chi connectivity index (χ0v) is 12.6. The maximum Gasteiger partial charge on any atom is 0.230 e. The predicted octanol–water partition coefficient (Wildman–Crippen LogP) is 3.21. The highest BCUT2D eigenvalue weighted by molar-refractivity contribution is 5.95. The number of nitrogens with zero attached hydrogens (tertiary/aromatic N) is 1. The second kappa shape index (κ2) is 7.44. The summed E-state index contributed by atoms with van der Waals surface area (Å²) < 4.78 is 0. The van der Waals surface area contributed by atoms with Crippen LogP contribution in [0.3, 0.4) is 0 Å². The molecule has 1 N–H and O–H groups in total. The van der Waals surface area contributed by atoms with Gasteiger partial charge in [0.25, 0.3) is 0 Å². The third kappa shape index (κ3) is 3.40. The van der Waals surface area contributed by atoms with Crippen molar-refractivity contribution in [3.05, 3.63) is 30.3 Å². The fourth-order valence-electron chi connectivity index (χ4n) is 3.01. The van der Waals surface area contributed by atoms with Gasteiger partial charge < -0.3 is 10.2 Å². The second-order valence-electron chi connectivity index (χ2n) is 5.54. The molecular weight excluding hydrogens is 248 g/mol. The Hall–Kier alpha value is -1.35. The Bertz CT molecular complexity index is 408. The molecule has 1 saturated heterocycles. The number of benzene rings is 1. The Balaban J connectivity index is 2.26. The second-order valence-corrected chi connectivity index (χ2v) is 5.54. The average Bonchev–Trinajstić information content (AvgIpc) is 2.51. The Morgan fingerprint density at radius 2 is 1.80 bits per heavy atom. The van der Waals surface area contributed by atoms with Crippen LogP contribution in [0.1, 0.15) is 39.5 Å². The van der Waals surface area contributed by atoms with E-state index in [1.165, 1.54) is 0 Å². The van der Waals surface area contributed by atoms with Crippen LogP contribution in [0, 0.1) is 5.92 Å². The van der Waals surface area contributed by atoms with Gasteiger partial charge in [-0.3, -0.25) is 4.79 Å². The zero-order valence-electron chi connectivity index (χ0n) is 12.6. The minimum atomic E-state index is 0.144. The summed E-state index contributed by atoms with van der Waals surface area (Å²) in [6.45, 7) is 6.23. The van der Waals surface area contributed by atoms with Crippen LogP contribution in [0.15, 0.2) is 30.3 Å². The first kappa shape index (κ1) is 15.0. The van der Waals surface area contributed by atoms with Gasteiger partial charge in [0, 0.05) is 17.6 Å². The van der Waals surface area contributed by atoms with E-state index in [1.807, 2.05) is 18.2 Å². The molecule has 0 aliphatic carbocycles. The molecule has 1 fully saturated rings. The van der Waals surface area contributed by atoms with E-state index in [-0.39, 0.29) is 5.92 Å². The highest BCUT2D eigenvalue weighted by Crippen LogP contribution is 2.25. The molecule has 0 unspecified atom stereocenters. The minimum absolute atomic E-state index is 0.144. The van der Waals surface area contributed by atoms with E-state index in [0.29, 0.717) is 11.9 Å². The molecule has 0 spiro atoms. The van der Waals surface area contributed by atoms with Gasteiger partial charge in [-0.25, -0.2) is 0 Å². The molecule has 1 aromatic rings. The lowest BCUT2D eigenvalue weighted by Crippen LogP contribution is -2.48. The molecule has 2 rings (SSSR count). The summed E-state index contributed by atoms with van der Waals surface area (Å²) in [6, 6.07) is 10.5. The van der Waals surface area contributed by atoms with E-state index >= 15 is 0 Å². The van der Waals surface area contributed by atoms with Crippen LogP contribution in [-0.2, 0) is 4.79 Å². The molecule has 1 amide bonds. The van der Waals surface area contributed by atoms with Gasteiger partial charge in [-0.1, -0.05) is 32.0 Å². The van der Waals surface area contributed by atoms with Crippen LogP contribution in [0.2, 0.25) is 0 Å². The largest absolute Gasteiger partial charge is 0.317 e. The molecular formula is C17H26N2O. The van der Waals surface area contributed by atoms with Gasteiger partial charge >= 0.3 is 0 Å². The van der Waals surface area contributed by atoms with Gasteiger partial charge in [0.05, 0.1) is 0 Å². The molecule has 0 aromatic heterocycles. The lowest BCUT2D eigenvalue weighted by molar-refractivity contribution is -0.123. The SMILES string of the molecule is CCC(CC)C(=O)N(c1ccccc1)C1CCNCC1. The van der Waals surface area contributed by atoms with Crippen LogP contribution < -0.4 is 10.2 Å². The number of para-hydroxylation sites is 1. The van der Waals surface area contributed by atoms with Gasteiger partial charge in [-0.2, -0.15) is 0 Å². The van der Waals surface area contributed by atoms with Crippen molar-refractivity contribution in [2.45, 2.75) is 45.6 Å². The number of hydrogen-bond acceptors (Lipinski definition) is 2. The van der Waals surface area contributed by atoms with Crippen molar-refractivity contribution in [3.63, 3.8) is 0 Å². The summed E-state index contributed by atoms with van der Waals surface area (Å²) in [4.78, 5) is 15.0. The number of amides is 1. The summed E-state index contributed by atoms with van der Waals surface area (Å²) >= 11 is 0. The van der Waals surface area contributed by atoms with Crippen molar-refractivity contribution in [1.82, 2.24) is 5.32 Å². The summed E-state index contributed by atoms with van der Waals surface area (Å²) in [5.74, 6) is 0.443. The van der Waals surface area contributed by atoms with Crippen LogP contribution in [0.5, 0.6) is 0 Å². The average molecular weight is 274 g/mol. The topological polar surface area (TPSA) is 32.3 Å². The molecule has 20 heavy (non-hydrogen) atoms. The lowest BCUT2D eigenvalue weighted by atomic mass is 9.97. The predicted molar refractivity (Wildman–Crippen MR) is 83.9 cm³/mol. The van der Waals surface area contributed by atoms with Crippen LogP contribution >= 0.6 is 0 Å². The third-order valence-electron chi connectivity index (χ3n) is 4.28. The number of anilines is 1. The monoisotopic (exact) mass is 274 g/mol. The van der Waals surface area contributed by atoms with Gasteiger partial charge in [0.1, 0.15) is 0 Å². The number of carbonyl (C=O) groups excluding carboxylic acids is 1. The number of rotatable bonds is 5. The molecule has 110 valence electrons. The molecule has 1 aliphatic rings. The molecule has 0 bridgehead atoms. The molecule has 1 heterocycles. The van der Waals surface area contributed by atoms with E-state index in [4.69, 9.17) is 0 Å². The lowest BCUT2D eigenvalue weighted by Gasteiger charge is -2.36. The fourth-order valence-corrected chi connectivity index (χ4v) is 3.01. The Labute approximate surface area is 122 Å². The zero-order chi connectivity index (χ0) is 14.4. The summed E-state index contributed by atoms with van der Waals surface area (Å²) in [7, 11) is 0. The maximum atomic E-state index is 12.9. The molecule has 0 atom stereocenters. The van der Waals surface area contributed by atoms with Gasteiger partial charge in [-0.15, -0.1) is 0 Å². The van der Waals surface area contributed by atoms with E-state index in [2.05, 4.69) is 36.2 Å². The first-order chi connectivity index (χ1) is 9.77. The van der Waals surface area contributed by atoms with E-state index in [1.54, 1.807) is 0 Å². The summed E-state index contributed by atoms with van der Waals surface area (Å²) in [5, 5.41) is 3.38. The number of hydrogen-bond donors (Lipinski definition) is 1. The number of nitrogens with one attached hydrogen (secondary N) is 1. The van der Waals surface area contributed by atoms with Crippen molar-refractivity contribution >= 4 is 11.6 Å². The fraction of sp³-hybridized carbons (Fsp3) is 0.588. The van der Waals surface area contributed by atoms with Crippen LogP contribution in [0.25, 0.3) is 0 Å². The first-order valence-electron chi connectivity index (χ1n) is 7.86. The smallest absolute Gasteiger partial charge is 0.230 e. The van der Waals surface area contributed by atoms with Crippen molar-refractivity contribution in [3.8, 4) is 0 Å². The van der Waals surface area contributed by atoms with E-state index < -0.39 is 0 Å². The standard InChI is InChI=1S/C17H26N2O/c1-3-14(4-2)17(20)19(15-8-6-5-7-9-15)16-10-12-18-13-11-16/h5-9,14,16,18H,3-4,10-13H2,1-2H3. The maximum absolute atomic E-state index is 12.9. The summed E-state index contributed by atoms with van der Waals surface area (Å²) in [5.41, 5.74) is 1.05. The molecule has 3 heteroatoms. The first-order valence-corrected chi connectivity index (χ1v) is 7.86. The van der Waals surface area contributed by atoms with Gasteiger partial charge in [0.15, 0.2) is 0 Å².